The minimum atomic E-state index is -1.03. The van der Waals surface area contributed by atoms with Crippen LogP contribution in [-0.2, 0) is 24.0 Å². The zero-order valence-corrected chi connectivity index (χ0v) is 34.6. The second-order valence-electron chi connectivity index (χ2n) is 15.9. The summed E-state index contributed by atoms with van der Waals surface area (Å²) >= 11 is 0. The van der Waals surface area contributed by atoms with Crippen LogP contribution in [0.5, 0.6) is 0 Å². The molecule has 11 nitrogen and oxygen atoms in total. The summed E-state index contributed by atoms with van der Waals surface area (Å²) < 4.78 is 0. The molecule has 0 aromatic rings. The number of nitrogens with two attached hydrogens (primary N) is 1. The van der Waals surface area contributed by atoms with E-state index in [4.69, 9.17) is 5.73 Å². The predicted octanol–water partition coefficient (Wildman–Crippen LogP) is 7.05. The summed E-state index contributed by atoms with van der Waals surface area (Å²) in [6, 6.07) is -2.24. The van der Waals surface area contributed by atoms with Crippen LogP contribution < -0.4 is 21.7 Å². The molecule has 0 radical (unpaired) electrons. The van der Waals surface area contributed by atoms with Crippen LogP contribution in [0.15, 0.2) is 0 Å². The minimum absolute atomic E-state index is 0.00766. The lowest BCUT2D eigenvalue weighted by Gasteiger charge is -2.28. The third-order valence-electron chi connectivity index (χ3n) is 11.3. The van der Waals surface area contributed by atoms with Gasteiger partial charge in [0, 0.05) is 45.6 Å². The van der Waals surface area contributed by atoms with Gasteiger partial charge in [-0.2, -0.15) is 0 Å². The SMILES string of the molecule is CCCCCCCCCCCCCC(=O)N1CCCC1C(=O)NCC(NC(=O)C1CCCN1C(=O)CCCCCCCCCCCCC)C(=O)NCCN. The Labute approximate surface area is 328 Å². The molecule has 0 aromatic carbocycles. The molecule has 2 saturated heterocycles. The molecule has 0 bridgehead atoms. The van der Waals surface area contributed by atoms with E-state index in [2.05, 4.69) is 29.8 Å². The first-order valence-corrected chi connectivity index (χ1v) is 22.5. The average molecular weight is 761 g/mol. The summed E-state index contributed by atoms with van der Waals surface area (Å²) in [5.41, 5.74) is 5.61. The normalized spacial score (nSPS) is 17.5. The van der Waals surface area contributed by atoms with Crippen molar-refractivity contribution in [2.24, 2.45) is 5.73 Å². The fourth-order valence-electron chi connectivity index (χ4n) is 7.96. The summed E-state index contributed by atoms with van der Waals surface area (Å²) in [6.45, 7) is 5.92. The van der Waals surface area contributed by atoms with Crippen molar-refractivity contribution in [3.05, 3.63) is 0 Å². The largest absolute Gasteiger partial charge is 0.353 e. The van der Waals surface area contributed by atoms with Crippen molar-refractivity contribution in [3.63, 3.8) is 0 Å². The molecule has 2 rings (SSSR count). The predicted molar refractivity (Wildman–Crippen MR) is 219 cm³/mol. The van der Waals surface area contributed by atoms with Crippen molar-refractivity contribution >= 4 is 29.5 Å². The summed E-state index contributed by atoms with van der Waals surface area (Å²) in [5.74, 6) is -1.14. The average Bonchev–Trinajstić information content (AvgIpc) is 3.88. The van der Waals surface area contributed by atoms with Crippen molar-refractivity contribution < 1.29 is 24.0 Å². The lowest BCUT2D eigenvalue weighted by molar-refractivity contribution is -0.140. The van der Waals surface area contributed by atoms with Crippen LogP contribution >= 0.6 is 0 Å². The summed E-state index contributed by atoms with van der Waals surface area (Å²) in [6.07, 6.45) is 30.1. The number of hydrogen-bond donors (Lipinski definition) is 4. The summed E-state index contributed by atoms with van der Waals surface area (Å²) in [4.78, 5) is 69.6. The van der Waals surface area contributed by atoms with Gasteiger partial charge in [0.25, 0.3) is 0 Å². The van der Waals surface area contributed by atoms with Crippen molar-refractivity contribution in [2.75, 3.05) is 32.7 Å². The van der Waals surface area contributed by atoms with Gasteiger partial charge in [-0.15, -0.1) is 0 Å². The fraction of sp³-hybridized carbons (Fsp3) is 0.884. The summed E-state index contributed by atoms with van der Waals surface area (Å²) in [7, 11) is 0. The van der Waals surface area contributed by atoms with E-state index in [1.807, 2.05) is 0 Å². The number of unbranched alkanes of at least 4 members (excludes halogenated alkanes) is 20. The van der Waals surface area contributed by atoms with E-state index in [0.29, 0.717) is 38.8 Å². The Hall–Kier alpha value is -2.69. The second kappa shape index (κ2) is 30.5. The van der Waals surface area contributed by atoms with E-state index < -0.39 is 24.0 Å². The van der Waals surface area contributed by atoms with E-state index in [9.17, 15) is 24.0 Å². The van der Waals surface area contributed by atoms with Crippen LogP contribution in [0.25, 0.3) is 0 Å². The van der Waals surface area contributed by atoms with E-state index in [1.165, 1.54) is 103 Å². The van der Waals surface area contributed by atoms with Crippen LogP contribution in [0.2, 0.25) is 0 Å². The highest BCUT2D eigenvalue weighted by atomic mass is 16.2. The monoisotopic (exact) mass is 761 g/mol. The standard InChI is InChI=1S/C43H80N6O5/c1-3-5-7-9-11-13-15-17-19-21-23-29-39(50)48-33-25-27-37(48)42(53)46-35-36(41(52)45-32-31-44)47-43(54)38-28-26-34-49(38)40(51)30-24-22-20-18-16-14-12-10-8-6-4-2/h36-38H,3-35,44H2,1-2H3,(H,45,52)(H,46,53)(H,47,54). The van der Waals surface area contributed by atoms with Crippen LogP contribution in [0.3, 0.4) is 0 Å². The molecule has 3 unspecified atom stereocenters. The van der Waals surface area contributed by atoms with Gasteiger partial charge in [0.2, 0.25) is 29.5 Å². The smallest absolute Gasteiger partial charge is 0.244 e. The molecule has 2 fully saturated rings. The maximum Gasteiger partial charge on any atom is 0.244 e. The van der Waals surface area contributed by atoms with Crippen LogP contribution in [0.1, 0.15) is 194 Å². The Balaban J connectivity index is 1.77. The molecule has 3 atom stereocenters. The van der Waals surface area contributed by atoms with E-state index in [-0.39, 0.29) is 43.3 Å². The molecule has 0 aromatic heterocycles. The molecule has 11 heteroatoms. The molecule has 0 aliphatic carbocycles. The molecule has 312 valence electrons. The summed E-state index contributed by atoms with van der Waals surface area (Å²) in [5, 5.41) is 8.41. The van der Waals surface area contributed by atoms with Gasteiger partial charge in [0.15, 0.2) is 0 Å². The van der Waals surface area contributed by atoms with E-state index in [0.717, 1.165) is 51.4 Å². The maximum absolute atomic E-state index is 13.5. The minimum Gasteiger partial charge on any atom is -0.353 e. The molecule has 2 aliphatic heterocycles. The molecule has 2 aliphatic rings. The van der Waals surface area contributed by atoms with Gasteiger partial charge in [0.05, 0.1) is 0 Å². The topological polar surface area (TPSA) is 154 Å². The van der Waals surface area contributed by atoms with Crippen LogP contribution in [0.4, 0.5) is 0 Å². The van der Waals surface area contributed by atoms with Gasteiger partial charge in [0.1, 0.15) is 18.1 Å². The first-order chi connectivity index (χ1) is 26.3. The zero-order valence-electron chi connectivity index (χ0n) is 34.6. The van der Waals surface area contributed by atoms with Gasteiger partial charge in [-0.05, 0) is 38.5 Å². The quantitative estimate of drug-likeness (QED) is 0.0540. The van der Waals surface area contributed by atoms with Gasteiger partial charge >= 0.3 is 0 Å². The number of rotatable bonds is 32. The third-order valence-corrected chi connectivity index (χ3v) is 11.3. The molecule has 2 heterocycles. The van der Waals surface area contributed by atoms with Gasteiger partial charge in [-0.3, -0.25) is 24.0 Å². The number of nitrogens with one attached hydrogen (secondary N) is 3. The van der Waals surface area contributed by atoms with Gasteiger partial charge in [-0.1, -0.05) is 142 Å². The third kappa shape index (κ3) is 19.8. The molecule has 0 spiro atoms. The number of likely N-dealkylation sites (tertiary alicyclic amines) is 2. The Bertz CT molecular complexity index is 1060. The van der Waals surface area contributed by atoms with E-state index >= 15 is 0 Å². The number of hydrogen-bond acceptors (Lipinski definition) is 6. The zero-order chi connectivity index (χ0) is 39.2. The first kappa shape index (κ1) is 47.5. The number of amides is 5. The van der Waals surface area contributed by atoms with Crippen molar-refractivity contribution in [1.82, 2.24) is 25.8 Å². The van der Waals surface area contributed by atoms with Crippen LogP contribution in [0, 0.1) is 0 Å². The second-order valence-corrected chi connectivity index (χ2v) is 15.9. The highest BCUT2D eigenvalue weighted by Gasteiger charge is 2.37. The number of carbonyl (C=O) groups excluding carboxylic acids is 5. The maximum atomic E-state index is 13.5. The fourth-order valence-corrected chi connectivity index (χ4v) is 7.96. The van der Waals surface area contributed by atoms with Crippen molar-refractivity contribution in [1.29, 1.82) is 0 Å². The number of nitrogens with zero attached hydrogens (tertiary/aromatic N) is 2. The molecule has 5 N–H and O–H groups in total. The Morgan fingerprint density at radius 2 is 0.944 bits per heavy atom. The molecular formula is C43H80N6O5. The van der Waals surface area contributed by atoms with Crippen molar-refractivity contribution in [2.45, 2.75) is 212 Å². The lowest BCUT2D eigenvalue weighted by atomic mass is 10.0. The Kier molecular flexibility index (Phi) is 26.8. The molecular weight excluding hydrogens is 681 g/mol. The molecule has 5 amide bonds. The number of carbonyl (C=O) groups is 5. The van der Waals surface area contributed by atoms with Gasteiger partial charge < -0.3 is 31.5 Å². The Morgan fingerprint density at radius 1 is 0.556 bits per heavy atom. The van der Waals surface area contributed by atoms with Crippen LogP contribution in [-0.4, -0.2) is 90.2 Å². The lowest BCUT2D eigenvalue weighted by Crippen LogP contribution is -2.58. The highest BCUT2D eigenvalue weighted by molar-refractivity contribution is 5.93. The Morgan fingerprint density at radius 3 is 1.35 bits per heavy atom. The first-order valence-electron chi connectivity index (χ1n) is 22.5. The van der Waals surface area contributed by atoms with Gasteiger partial charge in [-0.25, -0.2) is 0 Å². The highest BCUT2D eigenvalue weighted by Crippen LogP contribution is 2.22. The molecule has 54 heavy (non-hydrogen) atoms. The van der Waals surface area contributed by atoms with E-state index in [1.54, 1.807) is 9.80 Å². The van der Waals surface area contributed by atoms with Crippen molar-refractivity contribution in [3.8, 4) is 0 Å². The molecule has 0 saturated carbocycles.